The fourth-order valence-corrected chi connectivity index (χ4v) is 5.75. The van der Waals surface area contributed by atoms with Gasteiger partial charge in [-0.25, -0.2) is 0 Å². The smallest absolute Gasteiger partial charge is 0.251 e. The number of amides is 2. The molecule has 0 aromatic heterocycles. The number of benzene rings is 2. The van der Waals surface area contributed by atoms with Gasteiger partial charge in [-0.05, 0) is 62.3 Å². The van der Waals surface area contributed by atoms with E-state index in [9.17, 15) is 9.59 Å². The summed E-state index contributed by atoms with van der Waals surface area (Å²) >= 11 is 0. The highest BCUT2D eigenvalue weighted by molar-refractivity contribution is 5.96. The van der Waals surface area contributed by atoms with Crippen LogP contribution in [-0.4, -0.2) is 47.9 Å². The molecule has 3 aliphatic rings. The van der Waals surface area contributed by atoms with E-state index < -0.39 is 0 Å². The van der Waals surface area contributed by atoms with Gasteiger partial charge in [-0.2, -0.15) is 0 Å². The van der Waals surface area contributed by atoms with Gasteiger partial charge in [0.1, 0.15) is 0 Å². The Balaban J connectivity index is 1.25. The van der Waals surface area contributed by atoms with E-state index in [0.29, 0.717) is 24.2 Å². The highest BCUT2D eigenvalue weighted by Gasteiger charge is 2.40. The van der Waals surface area contributed by atoms with Crippen LogP contribution >= 0.6 is 0 Å². The van der Waals surface area contributed by atoms with Crippen molar-refractivity contribution in [2.75, 3.05) is 18.0 Å². The Bertz CT molecular complexity index is 931. The molecule has 1 unspecified atom stereocenters. The Morgan fingerprint density at radius 3 is 2.39 bits per heavy atom. The summed E-state index contributed by atoms with van der Waals surface area (Å²) in [6, 6.07) is 18.7. The lowest BCUT2D eigenvalue weighted by atomic mass is 9.81. The van der Waals surface area contributed by atoms with Crippen molar-refractivity contribution in [3.63, 3.8) is 0 Å². The average Bonchev–Trinajstić information content (AvgIpc) is 2.79. The maximum absolute atomic E-state index is 13.3. The molecule has 162 valence electrons. The molecule has 31 heavy (non-hydrogen) atoms. The molecule has 5 nitrogen and oxygen atoms in total. The Hall–Kier alpha value is -2.66. The van der Waals surface area contributed by atoms with Crippen LogP contribution in [0.25, 0.3) is 0 Å². The molecule has 2 aromatic carbocycles. The third kappa shape index (κ3) is 4.24. The molecule has 2 aromatic rings. The first-order valence-corrected chi connectivity index (χ1v) is 11.7. The van der Waals surface area contributed by atoms with Gasteiger partial charge in [0.25, 0.3) is 5.91 Å². The van der Waals surface area contributed by atoms with E-state index in [1.54, 1.807) is 0 Å². The van der Waals surface area contributed by atoms with E-state index in [1.807, 2.05) is 41.3 Å². The zero-order valence-electron chi connectivity index (χ0n) is 18.0. The number of para-hydroxylation sites is 1. The second-order valence-corrected chi connectivity index (χ2v) is 9.20. The van der Waals surface area contributed by atoms with Crippen LogP contribution in [0.5, 0.6) is 0 Å². The summed E-state index contributed by atoms with van der Waals surface area (Å²) in [5, 5.41) is 3.25. The van der Waals surface area contributed by atoms with Gasteiger partial charge in [0, 0.05) is 35.9 Å². The Kier molecular flexibility index (Phi) is 5.77. The molecule has 3 atom stereocenters. The normalized spacial score (nSPS) is 25.5. The Labute approximate surface area is 184 Å². The number of hydrogen-bond acceptors (Lipinski definition) is 3. The van der Waals surface area contributed by atoms with Gasteiger partial charge in [-0.1, -0.05) is 42.8 Å². The molecule has 5 rings (SSSR count). The predicted octanol–water partition coefficient (Wildman–Crippen LogP) is 3.78. The number of fused-ring (bicyclic) bond motifs is 3. The van der Waals surface area contributed by atoms with Crippen molar-refractivity contribution in [1.82, 2.24) is 10.2 Å². The van der Waals surface area contributed by atoms with Gasteiger partial charge in [-0.3, -0.25) is 14.5 Å². The molecule has 2 fully saturated rings. The van der Waals surface area contributed by atoms with Crippen molar-refractivity contribution in [2.24, 2.45) is 0 Å². The number of nitrogens with one attached hydrogen (secondary N) is 1. The molecule has 2 amide bonds. The van der Waals surface area contributed by atoms with Crippen molar-refractivity contribution in [3.8, 4) is 0 Å². The van der Waals surface area contributed by atoms with Gasteiger partial charge in [0.15, 0.2) is 0 Å². The number of carbonyl (C=O) groups is 2. The number of piperidine rings is 2. The first kappa shape index (κ1) is 20.3. The van der Waals surface area contributed by atoms with Crippen LogP contribution in [0.2, 0.25) is 0 Å². The lowest BCUT2D eigenvalue weighted by Crippen LogP contribution is -2.59. The van der Waals surface area contributed by atoms with Crippen LogP contribution in [0.3, 0.4) is 0 Å². The molecule has 0 aliphatic carbocycles. The van der Waals surface area contributed by atoms with Gasteiger partial charge in [0.2, 0.25) is 5.91 Å². The van der Waals surface area contributed by atoms with Crippen LogP contribution in [0.1, 0.15) is 54.4 Å². The second kappa shape index (κ2) is 8.83. The zero-order chi connectivity index (χ0) is 21.2. The lowest BCUT2D eigenvalue weighted by Gasteiger charge is -2.49. The molecule has 3 heterocycles. The fourth-order valence-electron chi connectivity index (χ4n) is 5.75. The van der Waals surface area contributed by atoms with Gasteiger partial charge < -0.3 is 10.2 Å². The summed E-state index contributed by atoms with van der Waals surface area (Å²) in [5.41, 5.74) is 3.09. The van der Waals surface area contributed by atoms with Crippen LogP contribution in [-0.2, 0) is 11.2 Å². The Morgan fingerprint density at radius 2 is 1.61 bits per heavy atom. The van der Waals surface area contributed by atoms with Crippen LogP contribution < -0.4 is 10.2 Å². The summed E-state index contributed by atoms with van der Waals surface area (Å²) in [6.45, 7) is 1.30. The molecule has 2 saturated heterocycles. The maximum Gasteiger partial charge on any atom is 0.251 e. The third-order valence-corrected chi connectivity index (χ3v) is 7.23. The quantitative estimate of drug-likeness (QED) is 0.824. The minimum Gasteiger partial charge on any atom is -0.349 e. The lowest BCUT2D eigenvalue weighted by molar-refractivity contribution is -0.122. The topological polar surface area (TPSA) is 52.7 Å². The van der Waals surface area contributed by atoms with Crippen molar-refractivity contribution < 1.29 is 9.59 Å². The SMILES string of the molecule is O=C(NC1C[C@H]2CCC[C@@H](C1)N2CC(=O)N1CCCc2ccccc21)c1ccccc1. The largest absolute Gasteiger partial charge is 0.349 e. The molecule has 3 aliphatic heterocycles. The molecule has 2 bridgehead atoms. The molecule has 0 radical (unpaired) electrons. The summed E-state index contributed by atoms with van der Waals surface area (Å²) in [5.74, 6) is 0.231. The van der Waals surface area contributed by atoms with Gasteiger partial charge in [0.05, 0.1) is 6.54 Å². The molecule has 5 heteroatoms. The van der Waals surface area contributed by atoms with E-state index in [4.69, 9.17) is 0 Å². The number of hydrogen-bond donors (Lipinski definition) is 1. The number of rotatable bonds is 4. The minimum atomic E-state index is 0.0122. The predicted molar refractivity (Wildman–Crippen MR) is 122 cm³/mol. The summed E-state index contributed by atoms with van der Waals surface area (Å²) < 4.78 is 0. The second-order valence-electron chi connectivity index (χ2n) is 9.20. The molecule has 0 saturated carbocycles. The summed E-state index contributed by atoms with van der Waals surface area (Å²) in [6.07, 6.45) is 7.38. The van der Waals surface area contributed by atoms with Crippen LogP contribution in [0.15, 0.2) is 54.6 Å². The Morgan fingerprint density at radius 1 is 0.903 bits per heavy atom. The molecular formula is C26H31N3O2. The van der Waals surface area contributed by atoms with E-state index in [1.165, 1.54) is 12.0 Å². The van der Waals surface area contributed by atoms with E-state index in [0.717, 1.165) is 50.8 Å². The maximum atomic E-state index is 13.3. The van der Waals surface area contributed by atoms with E-state index >= 15 is 0 Å². The van der Waals surface area contributed by atoms with Crippen molar-refractivity contribution >= 4 is 17.5 Å². The number of nitrogens with zero attached hydrogens (tertiary/aromatic N) is 2. The van der Waals surface area contributed by atoms with Crippen molar-refractivity contribution in [2.45, 2.75) is 63.1 Å². The third-order valence-electron chi connectivity index (χ3n) is 7.23. The molecular weight excluding hydrogens is 386 g/mol. The zero-order valence-corrected chi connectivity index (χ0v) is 18.0. The number of anilines is 1. The first-order valence-electron chi connectivity index (χ1n) is 11.7. The fraction of sp³-hybridized carbons (Fsp3) is 0.462. The summed E-state index contributed by atoms with van der Waals surface area (Å²) in [7, 11) is 0. The summed E-state index contributed by atoms with van der Waals surface area (Å²) in [4.78, 5) is 30.4. The first-order chi connectivity index (χ1) is 15.2. The minimum absolute atomic E-state index is 0.0122. The number of aryl methyl sites for hydroxylation is 1. The van der Waals surface area contributed by atoms with Gasteiger partial charge >= 0.3 is 0 Å². The molecule has 1 N–H and O–H groups in total. The van der Waals surface area contributed by atoms with Crippen LogP contribution in [0.4, 0.5) is 5.69 Å². The highest BCUT2D eigenvalue weighted by Crippen LogP contribution is 2.35. The van der Waals surface area contributed by atoms with E-state index in [-0.39, 0.29) is 17.9 Å². The monoisotopic (exact) mass is 417 g/mol. The van der Waals surface area contributed by atoms with Crippen LogP contribution in [0, 0.1) is 0 Å². The highest BCUT2D eigenvalue weighted by atomic mass is 16.2. The van der Waals surface area contributed by atoms with E-state index in [2.05, 4.69) is 28.4 Å². The average molecular weight is 418 g/mol. The number of carbonyl (C=O) groups excluding carboxylic acids is 2. The van der Waals surface area contributed by atoms with Crippen molar-refractivity contribution in [1.29, 1.82) is 0 Å². The molecule has 0 spiro atoms. The standard InChI is InChI=1S/C26H31N3O2/c30-25(28-15-7-11-19-8-4-5-14-24(19)28)18-29-22-12-6-13-23(29)17-21(16-22)27-26(31)20-9-2-1-3-10-20/h1-5,8-10,14,21-23H,6-7,11-13,15-18H2,(H,27,31)/t21?,22-,23+. The van der Waals surface area contributed by atoms with Gasteiger partial charge in [-0.15, -0.1) is 0 Å². The van der Waals surface area contributed by atoms with Crippen molar-refractivity contribution in [3.05, 3.63) is 65.7 Å².